The summed E-state index contributed by atoms with van der Waals surface area (Å²) in [5, 5.41) is 0. The van der Waals surface area contributed by atoms with E-state index in [4.69, 9.17) is 18.8 Å². The van der Waals surface area contributed by atoms with Crippen molar-refractivity contribution in [2.24, 2.45) is 5.92 Å². The van der Waals surface area contributed by atoms with Gasteiger partial charge in [0.1, 0.15) is 5.75 Å². The van der Waals surface area contributed by atoms with Crippen LogP contribution in [0.4, 0.5) is 4.79 Å². The van der Waals surface area contributed by atoms with Crippen molar-refractivity contribution in [2.45, 2.75) is 84.7 Å². The lowest BCUT2D eigenvalue weighted by Gasteiger charge is -2.34. The molecule has 0 radical (unpaired) electrons. The topological polar surface area (TPSA) is 57.2 Å². The molecule has 7 heteroatoms. The summed E-state index contributed by atoms with van der Waals surface area (Å²) in [6, 6.07) is 7.97. The molecule has 1 unspecified atom stereocenters. The molecule has 1 aromatic rings. The average molecular weight is 417 g/mol. The molecule has 166 valence electrons. The molecule has 2 aliphatic heterocycles. The number of ether oxygens (including phenoxy) is 2. The van der Waals surface area contributed by atoms with E-state index in [1.54, 1.807) is 4.90 Å². The molecular formula is C23H36BNO5. The minimum Gasteiger partial charge on any atom is -0.490 e. The van der Waals surface area contributed by atoms with Crippen LogP contribution < -0.4 is 10.2 Å². The fraction of sp³-hybridized carbons (Fsp3) is 0.696. The van der Waals surface area contributed by atoms with Gasteiger partial charge in [-0.05, 0) is 84.8 Å². The summed E-state index contributed by atoms with van der Waals surface area (Å²) < 4.78 is 23.7. The highest BCUT2D eigenvalue weighted by atomic mass is 16.7. The molecule has 0 saturated carbocycles. The highest BCUT2D eigenvalue weighted by molar-refractivity contribution is 6.62. The second kappa shape index (κ2) is 8.79. The van der Waals surface area contributed by atoms with Gasteiger partial charge in [-0.25, -0.2) is 4.79 Å². The summed E-state index contributed by atoms with van der Waals surface area (Å²) in [5.74, 6) is 1.25. The van der Waals surface area contributed by atoms with Gasteiger partial charge in [-0.15, -0.1) is 0 Å². The summed E-state index contributed by atoms with van der Waals surface area (Å²) in [7, 11) is -0.364. The van der Waals surface area contributed by atoms with Crippen molar-refractivity contribution in [2.75, 3.05) is 13.1 Å². The number of nitrogens with zero attached hydrogens (tertiary/aromatic N) is 1. The number of carbonyl (C=O) groups excluding carboxylic acids is 1. The first-order valence-corrected chi connectivity index (χ1v) is 11.1. The third-order valence-corrected chi connectivity index (χ3v) is 6.53. The third-order valence-electron chi connectivity index (χ3n) is 6.53. The van der Waals surface area contributed by atoms with Crippen molar-refractivity contribution in [1.82, 2.24) is 4.90 Å². The maximum absolute atomic E-state index is 12.0. The van der Waals surface area contributed by atoms with Crippen LogP contribution in [0.2, 0.25) is 0 Å². The van der Waals surface area contributed by atoms with Crippen LogP contribution in [0.1, 0.15) is 61.3 Å². The second-order valence-corrected chi connectivity index (χ2v) is 9.74. The highest BCUT2D eigenvalue weighted by Crippen LogP contribution is 2.36. The van der Waals surface area contributed by atoms with Crippen LogP contribution in [0.3, 0.4) is 0 Å². The van der Waals surface area contributed by atoms with Crippen LogP contribution in [0.15, 0.2) is 24.3 Å². The van der Waals surface area contributed by atoms with Crippen LogP contribution in [0, 0.1) is 5.92 Å². The van der Waals surface area contributed by atoms with Gasteiger partial charge in [-0.2, -0.15) is 0 Å². The molecule has 2 fully saturated rings. The van der Waals surface area contributed by atoms with Gasteiger partial charge in [0.25, 0.3) is 0 Å². The molecule has 0 aromatic heterocycles. The van der Waals surface area contributed by atoms with Gasteiger partial charge in [0.15, 0.2) is 0 Å². The zero-order chi connectivity index (χ0) is 22.1. The van der Waals surface area contributed by atoms with Crippen LogP contribution in [0.5, 0.6) is 5.75 Å². The summed E-state index contributed by atoms with van der Waals surface area (Å²) >= 11 is 0. The van der Waals surface area contributed by atoms with E-state index in [0.717, 1.165) is 24.1 Å². The van der Waals surface area contributed by atoms with Gasteiger partial charge in [0.2, 0.25) is 0 Å². The number of carbonyl (C=O) groups is 1. The highest BCUT2D eigenvalue weighted by Gasteiger charge is 2.51. The minimum atomic E-state index is -0.364. The Balaban J connectivity index is 1.51. The molecule has 0 spiro atoms. The maximum Gasteiger partial charge on any atom is 0.494 e. The molecule has 0 aliphatic carbocycles. The monoisotopic (exact) mass is 417 g/mol. The molecule has 1 amide bonds. The molecule has 2 saturated heterocycles. The Morgan fingerprint density at radius 3 is 2.07 bits per heavy atom. The van der Waals surface area contributed by atoms with E-state index in [0.29, 0.717) is 19.0 Å². The molecule has 2 heterocycles. The van der Waals surface area contributed by atoms with E-state index >= 15 is 0 Å². The first-order chi connectivity index (χ1) is 14.0. The fourth-order valence-electron chi connectivity index (χ4n) is 3.82. The fourth-order valence-corrected chi connectivity index (χ4v) is 3.82. The number of rotatable bonds is 5. The van der Waals surface area contributed by atoms with Crippen LogP contribution >= 0.6 is 0 Å². The van der Waals surface area contributed by atoms with Crippen molar-refractivity contribution in [3.63, 3.8) is 0 Å². The number of benzene rings is 1. The second-order valence-electron chi connectivity index (χ2n) is 9.74. The van der Waals surface area contributed by atoms with Crippen molar-refractivity contribution in [3.8, 4) is 5.75 Å². The SMILES string of the molecule is CC(C)OC(=O)N1CCC(C(C)Oc2ccc(B3OC(C)(C)C(C)(C)O3)cc2)CC1. The molecule has 3 rings (SSSR count). The number of hydrogen-bond donors (Lipinski definition) is 0. The first kappa shape index (κ1) is 22.9. The smallest absolute Gasteiger partial charge is 0.490 e. The van der Waals surface area contributed by atoms with Crippen LogP contribution in [-0.2, 0) is 14.0 Å². The lowest BCUT2D eigenvalue weighted by atomic mass is 9.79. The van der Waals surface area contributed by atoms with E-state index in [-0.39, 0.29) is 36.6 Å². The number of likely N-dealkylation sites (tertiary alicyclic amines) is 1. The van der Waals surface area contributed by atoms with Gasteiger partial charge in [0, 0.05) is 13.1 Å². The average Bonchev–Trinajstić information content (AvgIpc) is 2.89. The van der Waals surface area contributed by atoms with E-state index in [1.807, 2.05) is 38.1 Å². The van der Waals surface area contributed by atoms with E-state index in [2.05, 4.69) is 34.6 Å². The van der Waals surface area contributed by atoms with E-state index in [9.17, 15) is 4.79 Å². The third kappa shape index (κ3) is 5.12. The molecule has 2 aliphatic rings. The Bertz CT molecular complexity index is 710. The number of amides is 1. The van der Waals surface area contributed by atoms with Gasteiger partial charge >= 0.3 is 13.2 Å². The van der Waals surface area contributed by atoms with Gasteiger partial charge < -0.3 is 23.7 Å². The predicted octanol–water partition coefficient (Wildman–Crippen LogP) is 4.01. The van der Waals surface area contributed by atoms with Crippen molar-refractivity contribution in [3.05, 3.63) is 24.3 Å². The Labute approximate surface area is 181 Å². The summed E-state index contributed by atoms with van der Waals surface area (Å²) in [6.45, 7) is 15.5. The quantitative estimate of drug-likeness (QED) is 0.678. The normalized spacial score (nSPS) is 22.3. The Kier molecular flexibility index (Phi) is 6.73. The largest absolute Gasteiger partial charge is 0.494 e. The molecule has 1 atom stereocenters. The predicted molar refractivity (Wildman–Crippen MR) is 118 cm³/mol. The zero-order valence-corrected chi connectivity index (χ0v) is 19.4. The summed E-state index contributed by atoms with van der Waals surface area (Å²) in [4.78, 5) is 13.8. The summed E-state index contributed by atoms with van der Waals surface area (Å²) in [5.41, 5.74) is 0.293. The van der Waals surface area contributed by atoms with Gasteiger partial charge in [-0.3, -0.25) is 0 Å². The zero-order valence-electron chi connectivity index (χ0n) is 19.4. The lowest BCUT2D eigenvalue weighted by Crippen LogP contribution is -2.42. The minimum absolute atomic E-state index is 0.0796. The Morgan fingerprint density at radius 2 is 1.57 bits per heavy atom. The van der Waals surface area contributed by atoms with Crippen molar-refractivity contribution < 1.29 is 23.6 Å². The van der Waals surface area contributed by atoms with E-state index < -0.39 is 0 Å². The van der Waals surface area contributed by atoms with Crippen molar-refractivity contribution >= 4 is 18.7 Å². The van der Waals surface area contributed by atoms with Crippen LogP contribution in [-0.4, -0.2) is 54.6 Å². The van der Waals surface area contributed by atoms with Gasteiger partial charge in [0.05, 0.1) is 23.4 Å². The molecule has 0 bridgehead atoms. The summed E-state index contributed by atoms with van der Waals surface area (Å²) in [6.07, 6.45) is 1.62. The molecule has 1 aromatic carbocycles. The van der Waals surface area contributed by atoms with Crippen molar-refractivity contribution in [1.29, 1.82) is 0 Å². The first-order valence-electron chi connectivity index (χ1n) is 11.1. The maximum atomic E-state index is 12.0. The molecule has 0 N–H and O–H groups in total. The molecule has 6 nitrogen and oxygen atoms in total. The standard InChI is InChI=1S/C23H36BNO5/c1-16(2)27-21(26)25-14-12-18(13-15-25)17(3)28-20-10-8-19(9-11-20)24-29-22(4,5)23(6,7)30-24/h8-11,16-18H,12-15H2,1-7H3. The Hall–Kier alpha value is -1.73. The van der Waals surface area contributed by atoms with Crippen LogP contribution in [0.25, 0.3) is 0 Å². The molecule has 30 heavy (non-hydrogen) atoms. The number of piperidine rings is 1. The Morgan fingerprint density at radius 1 is 1.03 bits per heavy atom. The lowest BCUT2D eigenvalue weighted by molar-refractivity contribution is 0.00578. The van der Waals surface area contributed by atoms with Gasteiger partial charge in [-0.1, -0.05) is 12.1 Å². The van der Waals surface area contributed by atoms with E-state index in [1.165, 1.54) is 0 Å². The molecular weight excluding hydrogens is 381 g/mol. The number of hydrogen-bond acceptors (Lipinski definition) is 5.